The van der Waals surface area contributed by atoms with Gasteiger partial charge in [-0.15, -0.1) is 0 Å². The SMILES string of the molecule is Cc1ccc(NC(=O)c2ccnc(NS(=O)(=O)C3CC[C@@H](C)C3)c2)cc1C. The van der Waals surface area contributed by atoms with Crippen LogP contribution in [0.15, 0.2) is 36.5 Å². The van der Waals surface area contributed by atoms with Gasteiger partial charge in [-0.1, -0.05) is 13.0 Å². The van der Waals surface area contributed by atoms with Crippen LogP contribution >= 0.6 is 0 Å². The Hall–Kier alpha value is -2.41. The number of anilines is 2. The van der Waals surface area contributed by atoms with Gasteiger partial charge in [0.1, 0.15) is 5.82 Å². The molecular weight excluding hydrogens is 362 g/mol. The summed E-state index contributed by atoms with van der Waals surface area (Å²) < 4.78 is 27.6. The lowest BCUT2D eigenvalue weighted by molar-refractivity contribution is 0.102. The third kappa shape index (κ3) is 4.66. The number of pyridine rings is 1. The number of aromatic nitrogens is 1. The number of nitrogens with zero attached hydrogens (tertiary/aromatic N) is 1. The number of hydrogen-bond acceptors (Lipinski definition) is 4. The van der Waals surface area contributed by atoms with Gasteiger partial charge < -0.3 is 5.32 Å². The van der Waals surface area contributed by atoms with E-state index >= 15 is 0 Å². The number of carbonyl (C=O) groups is 1. The Balaban J connectivity index is 1.73. The molecule has 2 atom stereocenters. The fourth-order valence-electron chi connectivity index (χ4n) is 3.32. The number of nitrogens with one attached hydrogen (secondary N) is 2. The van der Waals surface area contributed by atoms with E-state index in [1.807, 2.05) is 32.0 Å². The van der Waals surface area contributed by atoms with Gasteiger partial charge in [-0.05, 0) is 74.4 Å². The number of aryl methyl sites for hydroxylation is 2. The second-order valence-electron chi connectivity index (χ2n) is 7.37. The summed E-state index contributed by atoms with van der Waals surface area (Å²) in [5, 5.41) is 2.43. The summed E-state index contributed by atoms with van der Waals surface area (Å²) in [6.07, 6.45) is 3.66. The Morgan fingerprint density at radius 3 is 2.56 bits per heavy atom. The average molecular weight is 388 g/mol. The predicted octanol–water partition coefficient (Wildman–Crippen LogP) is 3.88. The average Bonchev–Trinajstić information content (AvgIpc) is 3.05. The van der Waals surface area contributed by atoms with Crippen molar-refractivity contribution in [2.45, 2.75) is 45.3 Å². The van der Waals surface area contributed by atoms with Crippen molar-refractivity contribution in [1.29, 1.82) is 0 Å². The van der Waals surface area contributed by atoms with E-state index in [4.69, 9.17) is 0 Å². The van der Waals surface area contributed by atoms with E-state index in [0.717, 1.165) is 17.5 Å². The van der Waals surface area contributed by atoms with Crippen LogP contribution in [0.2, 0.25) is 0 Å². The third-order valence-corrected chi connectivity index (χ3v) is 6.92. The minimum absolute atomic E-state index is 0.169. The summed E-state index contributed by atoms with van der Waals surface area (Å²) in [6.45, 7) is 6.05. The van der Waals surface area contributed by atoms with Crippen LogP contribution in [0.25, 0.3) is 0 Å². The summed E-state index contributed by atoms with van der Waals surface area (Å²) >= 11 is 0. The predicted molar refractivity (Wildman–Crippen MR) is 107 cm³/mol. The van der Waals surface area contributed by atoms with E-state index in [1.165, 1.54) is 12.3 Å². The van der Waals surface area contributed by atoms with E-state index in [0.29, 0.717) is 30.0 Å². The first-order valence-electron chi connectivity index (χ1n) is 9.11. The smallest absolute Gasteiger partial charge is 0.255 e. The van der Waals surface area contributed by atoms with E-state index in [9.17, 15) is 13.2 Å². The number of rotatable bonds is 5. The lowest BCUT2D eigenvalue weighted by Gasteiger charge is -2.14. The number of carbonyl (C=O) groups excluding carboxylic acids is 1. The van der Waals surface area contributed by atoms with E-state index in [2.05, 4.69) is 21.9 Å². The lowest BCUT2D eigenvalue weighted by atomic mass is 10.1. The molecule has 0 radical (unpaired) electrons. The van der Waals surface area contributed by atoms with Crippen molar-refractivity contribution in [2.75, 3.05) is 10.0 Å². The van der Waals surface area contributed by atoms with Crippen molar-refractivity contribution < 1.29 is 13.2 Å². The monoisotopic (exact) mass is 387 g/mol. The normalized spacial score (nSPS) is 19.7. The fourth-order valence-corrected chi connectivity index (χ4v) is 4.91. The molecule has 144 valence electrons. The number of amides is 1. The highest BCUT2D eigenvalue weighted by Crippen LogP contribution is 2.30. The molecule has 1 amide bonds. The van der Waals surface area contributed by atoms with Crippen molar-refractivity contribution in [2.24, 2.45) is 5.92 Å². The molecule has 0 bridgehead atoms. The highest BCUT2D eigenvalue weighted by atomic mass is 32.2. The molecule has 1 aliphatic rings. The highest BCUT2D eigenvalue weighted by Gasteiger charge is 2.32. The highest BCUT2D eigenvalue weighted by molar-refractivity contribution is 7.93. The largest absolute Gasteiger partial charge is 0.322 e. The fraction of sp³-hybridized carbons (Fsp3) is 0.400. The van der Waals surface area contributed by atoms with E-state index < -0.39 is 15.3 Å². The molecule has 0 aliphatic heterocycles. The summed E-state index contributed by atoms with van der Waals surface area (Å²) in [5.41, 5.74) is 3.28. The molecule has 1 unspecified atom stereocenters. The van der Waals surface area contributed by atoms with Crippen molar-refractivity contribution in [3.05, 3.63) is 53.2 Å². The molecule has 2 aromatic rings. The Morgan fingerprint density at radius 1 is 1.11 bits per heavy atom. The minimum Gasteiger partial charge on any atom is -0.322 e. The second-order valence-corrected chi connectivity index (χ2v) is 9.33. The molecule has 1 saturated carbocycles. The van der Waals surface area contributed by atoms with Crippen LogP contribution in [0.1, 0.15) is 47.7 Å². The number of hydrogen-bond donors (Lipinski definition) is 2. The lowest BCUT2D eigenvalue weighted by Crippen LogP contribution is -2.26. The first-order chi connectivity index (χ1) is 12.7. The van der Waals surface area contributed by atoms with Crippen LogP contribution in [0.4, 0.5) is 11.5 Å². The topological polar surface area (TPSA) is 88.2 Å². The van der Waals surface area contributed by atoms with Gasteiger partial charge in [-0.2, -0.15) is 0 Å². The summed E-state index contributed by atoms with van der Waals surface area (Å²) in [7, 11) is -3.50. The van der Waals surface area contributed by atoms with Crippen molar-refractivity contribution >= 4 is 27.4 Å². The second kappa shape index (κ2) is 7.68. The van der Waals surface area contributed by atoms with Gasteiger partial charge in [0.05, 0.1) is 5.25 Å². The first-order valence-corrected chi connectivity index (χ1v) is 10.7. The van der Waals surface area contributed by atoms with Crippen LogP contribution in [0.3, 0.4) is 0 Å². The zero-order valence-corrected chi connectivity index (χ0v) is 16.6. The molecule has 6 nitrogen and oxygen atoms in total. The summed E-state index contributed by atoms with van der Waals surface area (Å²) in [6, 6.07) is 8.71. The zero-order valence-electron chi connectivity index (χ0n) is 15.8. The van der Waals surface area contributed by atoms with Crippen LogP contribution < -0.4 is 10.0 Å². The van der Waals surface area contributed by atoms with Gasteiger partial charge in [0, 0.05) is 17.4 Å². The minimum atomic E-state index is -3.50. The van der Waals surface area contributed by atoms with Crippen LogP contribution in [0, 0.1) is 19.8 Å². The molecule has 0 spiro atoms. The Labute approximate surface area is 160 Å². The van der Waals surface area contributed by atoms with Gasteiger partial charge in [-0.25, -0.2) is 13.4 Å². The van der Waals surface area contributed by atoms with Gasteiger partial charge in [0.15, 0.2) is 0 Å². The first kappa shape index (κ1) is 19.4. The Bertz CT molecular complexity index is 957. The van der Waals surface area contributed by atoms with Gasteiger partial charge in [0.2, 0.25) is 10.0 Å². The molecule has 1 aromatic carbocycles. The van der Waals surface area contributed by atoms with Crippen molar-refractivity contribution in [1.82, 2.24) is 4.98 Å². The molecule has 1 aliphatic carbocycles. The van der Waals surface area contributed by atoms with Gasteiger partial charge in [0.25, 0.3) is 5.91 Å². The molecule has 3 rings (SSSR count). The molecule has 2 N–H and O–H groups in total. The Morgan fingerprint density at radius 2 is 1.89 bits per heavy atom. The molecule has 1 fully saturated rings. The van der Waals surface area contributed by atoms with Gasteiger partial charge in [-0.3, -0.25) is 9.52 Å². The maximum Gasteiger partial charge on any atom is 0.255 e. The summed E-state index contributed by atoms with van der Waals surface area (Å²) in [4.78, 5) is 16.6. The van der Waals surface area contributed by atoms with Crippen LogP contribution in [-0.2, 0) is 10.0 Å². The van der Waals surface area contributed by atoms with Crippen LogP contribution in [0.5, 0.6) is 0 Å². The van der Waals surface area contributed by atoms with E-state index in [1.54, 1.807) is 6.07 Å². The quantitative estimate of drug-likeness (QED) is 0.815. The number of sulfonamides is 1. The standard InChI is InChI=1S/C20H25N3O3S/c1-13-4-7-18(10-13)27(25,26)23-19-12-16(8-9-21-19)20(24)22-17-6-5-14(2)15(3)11-17/h5-6,8-9,11-13,18H,4,7,10H2,1-3H3,(H,21,23)(H,22,24)/t13-,18?/m1/s1. The maximum absolute atomic E-state index is 12.5. The third-order valence-electron chi connectivity index (χ3n) is 5.12. The number of benzene rings is 1. The molecule has 27 heavy (non-hydrogen) atoms. The molecular formula is C20H25N3O3S. The molecule has 0 saturated heterocycles. The van der Waals surface area contributed by atoms with Crippen molar-refractivity contribution in [3.8, 4) is 0 Å². The van der Waals surface area contributed by atoms with Crippen LogP contribution in [-0.4, -0.2) is 24.6 Å². The van der Waals surface area contributed by atoms with E-state index in [-0.39, 0.29) is 11.7 Å². The van der Waals surface area contributed by atoms with Crippen molar-refractivity contribution in [3.63, 3.8) is 0 Å². The maximum atomic E-state index is 12.5. The zero-order chi connectivity index (χ0) is 19.6. The molecule has 7 heteroatoms. The summed E-state index contributed by atoms with van der Waals surface area (Å²) in [5.74, 6) is 0.271. The molecule has 1 aromatic heterocycles. The Kier molecular flexibility index (Phi) is 5.51. The van der Waals surface area contributed by atoms with Gasteiger partial charge >= 0.3 is 0 Å². The molecule has 1 heterocycles.